The number of halogens is 1. The molecular weight excluding hydrogens is 434 g/mol. The molecule has 162 valence electrons. The van der Waals surface area contributed by atoms with E-state index in [-0.39, 0.29) is 23.6 Å². The predicted octanol–water partition coefficient (Wildman–Crippen LogP) is 4.31. The van der Waals surface area contributed by atoms with Crippen molar-refractivity contribution in [1.29, 1.82) is 0 Å². The van der Waals surface area contributed by atoms with E-state index in [4.69, 9.17) is 11.6 Å². The number of aromatic nitrogens is 3. The number of nitrogens with one attached hydrogen (secondary N) is 2. The fraction of sp³-hybridized carbons (Fsp3) is 0.273. The lowest BCUT2D eigenvalue weighted by Gasteiger charge is -2.14. The van der Waals surface area contributed by atoms with Crippen molar-refractivity contribution in [3.05, 3.63) is 70.0 Å². The molecule has 1 aromatic heterocycles. The molecule has 0 aliphatic rings. The van der Waals surface area contributed by atoms with Gasteiger partial charge in [-0.1, -0.05) is 47.6 Å². The molecule has 31 heavy (non-hydrogen) atoms. The molecule has 7 nitrogen and oxygen atoms in total. The van der Waals surface area contributed by atoms with E-state index in [0.717, 1.165) is 11.1 Å². The number of rotatable bonds is 7. The first-order valence-electron chi connectivity index (χ1n) is 9.71. The van der Waals surface area contributed by atoms with Gasteiger partial charge in [-0.2, -0.15) is 0 Å². The molecule has 0 spiro atoms. The van der Waals surface area contributed by atoms with Crippen LogP contribution in [0.25, 0.3) is 0 Å². The Kier molecular flexibility index (Phi) is 7.35. The minimum atomic E-state index is -0.345. The molecule has 2 N–H and O–H groups in total. The van der Waals surface area contributed by atoms with E-state index in [2.05, 4.69) is 20.8 Å². The molecule has 3 rings (SSSR count). The maximum absolute atomic E-state index is 12.6. The molecule has 0 unspecified atom stereocenters. The van der Waals surface area contributed by atoms with Gasteiger partial charge in [-0.15, -0.1) is 10.2 Å². The first-order chi connectivity index (χ1) is 14.8. The third-order valence-corrected chi connectivity index (χ3v) is 6.05. The molecule has 0 saturated carbocycles. The summed E-state index contributed by atoms with van der Waals surface area (Å²) in [4.78, 5) is 24.9. The van der Waals surface area contributed by atoms with Crippen LogP contribution in [0.2, 0.25) is 5.02 Å². The fourth-order valence-electron chi connectivity index (χ4n) is 3.04. The minimum Gasteiger partial charge on any atom is -0.342 e. The van der Waals surface area contributed by atoms with Crippen molar-refractivity contribution < 1.29 is 9.59 Å². The van der Waals surface area contributed by atoms with Gasteiger partial charge in [-0.25, -0.2) is 0 Å². The van der Waals surface area contributed by atoms with Gasteiger partial charge in [-0.05, 0) is 50.1 Å². The quantitative estimate of drug-likeness (QED) is 0.516. The van der Waals surface area contributed by atoms with Crippen LogP contribution in [-0.4, -0.2) is 32.3 Å². The second-order valence-electron chi connectivity index (χ2n) is 7.21. The summed E-state index contributed by atoms with van der Waals surface area (Å²) in [5.41, 5.74) is 3.15. The number of carbonyl (C=O) groups excluding carboxylic acids is 2. The van der Waals surface area contributed by atoms with E-state index in [1.54, 1.807) is 22.8 Å². The maximum atomic E-state index is 12.6. The monoisotopic (exact) mass is 457 g/mol. The Morgan fingerprint density at radius 3 is 2.61 bits per heavy atom. The molecule has 9 heteroatoms. The first kappa shape index (κ1) is 22.8. The average Bonchev–Trinajstić information content (AvgIpc) is 3.10. The van der Waals surface area contributed by atoms with Crippen molar-refractivity contribution in [3.8, 4) is 0 Å². The lowest BCUT2D eigenvalue weighted by Crippen LogP contribution is -2.29. The minimum absolute atomic E-state index is 0.166. The Morgan fingerprint density at radius 2 is 1.87 bits per heavy atom. The Bertz CT molecular complexity index is 1120. The van der Waals surface area contributed by atoms with Crippen molar-refractivity contribution in [2.45, 2.75) is 32.0 Å². The molecule has 0 bridgehead atoms. The van der Waals surface area contributed by atoms with Gasteiger partial charge in [0.25, 0.3) is 5.91 Å². The number of amides is 2. The molecule has 0 saturated heterocycles. The summed E-state index contributed by atoms with van der Waals surface area (Å²) >= 11 is 7.27. The van der Waals surface area contributed by atoms with E-state index in [9.17, 15) is 9.59 Å². The number of carbonyl (C=O) groups is 2. The standard InChI is InChI=1S/C22H24ClN5O2S/c1-13-7-5-6-8-17(13)21(30)24-15(3)20-26-27-22(28(20)4)31-12-19(29)25-18-11-16(23)10-9-14(18)2/h5-11,15H,12H2,1-4H3,(H,24,30)(H,25,29)/t15-/m1/s1. The van der Waals surface area contributed by atoms with Crippen LogP contribution in [0.1, 0.15) is 40.3 Å². The molecule has 3 aromatic rings. The first-order valence-corrected chi connectivity index (χ1v) is 11.1. The zero-order valence-electron chi connectivity index (χ0n) is 17.8. The van der Waals surface area contributed by atoms with Crippen molar-refractivity contribution in [2.75, 3.05) is 11.1 Å². The Balaban J connectivity index is 1.60. The summed E-state index contributed by atoms with van der Waals surface area (Å²) in [5, 5.41) is 15.3. The summed E-state index contributed by atoms with van der Waals surface area (Å²) in [6.07, 6.45) is 0. The van der Waals surface area contributed by atoms with Gasteiger partial charge in [0.1, 0.15) is 0 Å². The topological polar surface area (TPSA) is 88.9 Å². The van der Waals surface area contributed by atoms with Gasteiger partial charge < -0.3 is 15.2 Å². The molecule has 1 atom stereocenters. The molecule has 0 aliphatic carbocycles. The highest BCUT2D eigenvalue weighted by atomic mass is 35.5. The highest BCUT2D eigenvalue weighted by Gasteiger charge is 2.19. The number of aryl methyl sites for hydroxylation is 2. The summed E-state index contributed by atoms with van der Waals surface area (Å²) in [6.45, 7) is 5.65. The van der Waals surface area contributed by atoms with Gasteiger partial charge in [0.2, 0.25) is 5.91 Å². The van der Waals surface area contributed by atoms with E-state index in [1.165, 1.54) is 11.8 Å². The van der Waals surface area contributed by atoms with Crippen molar-refractivity contribution in [1.82, 2.24) is 20.1 Å². The largest absolute Gasteiger partial charge is 0.342 e. The number of anilines is 1. The van der Waals surface area contributed by atoms with Crippen molar-refractivity contribution >= 4 is 40.9 Å². The zero-order valence-corrected chi connectivity index (χ0v) is 19.3. The SMILES string of the molecule is Cc1ccc(Cl)cc1NC(=O)CSc1nnc([C@@H](C)NC(=O)c2ccccc2C)n1C. The lowest BCUT2D eigenvalue weighted by molar-refractivity contribution is -0.113. The summed E-state index contributed by atoms with van der Waals surface area (Å²) in [6, 6.07) is 12.4. The van der Waals surface area contributed by atoms with E-state index >= 15 is 0 Å². The van der Waals surface area contributed by atoms with E-state index < -0.39 is 0 Å². The number of thioether (sulfide) groups is 1. The van der Waals surface area contributed by atoms with Crippen LogP contribution in [0.4, 0.5) is 5.69 Å². The Morgan fingerprint density at radius 1 is 1.13 bits per heavy atom. The highest BCUT2D eigenvalue weighted by molar-refractivity contribution is 7.99. The van der Waals surface area contributed by atoms with Gasteiger partial charge in [0.15, 0.2) is 11.0 Å². The third-order valence-electron chi connectivity index (χ3n) is 4.80. The van der Waals surface area contributed by atoms with Crippen LogP contribution in [0.3, 0.4) is 0 Å². The highest BCUT2D eigenvalue weighted by Crippen LogP contribution is 2.22. The molecule has 1 heterocycles. The van der Waals surface area contributed by atoms with E-state index in [1.807, 2.05) is 52.1 Å². The molecule has 0 fully saturated rings. The Labute approximate surface area is 190 Å². The third kappa shape index (κ3) is 5.65. The maximum Gasteiger partial charge on any atom is 0.252 e. The summed E-state index contributed by atoms with van der Waals surface area (Å²) in [5.74, 6) is 0.442. The van der Waals surface area contributed by atoms with Crippen molar-refractivity contribution in [3.63, 3.8) is 0 Å². The molecule has 0 aliphatic heterocycles. The van der Waals surface area contributed by atoms with Gasteiger partial charge in [-0.3, -0.25) is 9.59 Å². The number of hydrogen-bond donors (Lipinski definition) is 2. The zero-order chi connectivity index (χ0) is 22.5. The number of hydrogen-bond acceptors (Lipinski definition) is 5. The average molecular weight is 458 g/mol. The van der Waals surface area contributed by atoms with Gasteiger partial charge >= 0.3 is 0 Å². The summed E-state index contributed by atoms with van der Waals surface area (Å²) in [7, 11) is 1.81. The second kappa shape index (κ2) is 9.98. The number of benzene rings is 2. The van der Waals surface area contributed by atoms with Gasteiger partial charge in [0, 0.05) is 23.3 Å². The Hall–Kier alpha value is -2.84. The van der Waals surface area contributed by atoms with E-state index in [0.29, 0.717) is 27.3 Å². The smallest absolute Gasteiger partial charge is 0.252 e. The predicted molar refractivity (Wildman–Crippen MR) is 124 cm³/mol. The van der Waals surface area contributed by atoms with Crippen molar-refractivity contribution in [2.24, 2.45) is 7.05 Å². The second-order valence-corrected chi connectivity index (χ2v) is 8.58. The molecular formula is C22H24ClN5O2S. The van der Waals surface area contributed by atoms with Crippen LogP contribution in [0.15, 0.2) is 47.6 Å². The number of nitrogens with zero attached hydrogens (tertiary/aromatic N) is 3. The lowest BCUT2D eigenvalue weighted by atomic mass is 10.1. The summed E-state index contributed by atoms with van der Waals surface area (Å²) < 4.78 is 1.78. The normalized spacial score (nSPS) is 11.8. The molecule has 2 amide bonds. The molecule has 2 aromatic carbocycles. The van der Waals surface area contributed by atoms with Gasteiger partial charge in [0.05, 0.1) is 11.8 Å². The van der Waals surface area contributed by atoms with Crippen LogP contribution in [0.5, 0.6) is 0 Å². The van der Waals surface area contributed by atoms with Crippen LogP contribution < -0.4 is 10.6 Å². The fourth-order valence-corrected chi connectivity index (χ4v) is 3.93. The van der Waals surface area contributed by atoms with Crippen LogP contribution in [-0.2, 0) is 11.8 Å². The molecule has 0 radical (unpaired) electrons. The van der Waals surface area contributed by atoms with Crippen LogP contribution >= 0.6 is 23.4 Å². The van der Waals surface area contributed by atoms with Crippen LogP contribution in [0, 0.1) is 13.8 Å².